The molecule has 11 heteroatoms. The first-order valence-corrected chi connectivity index (χ1v) is 8.92. The standard InChI is InChI=1S/C12H8Cl2F3NO3S2/c13-10-5-9(11(14)22-10)23(19,20)18-6-7-3-1-2-4-8(7)21-12(15,16)17/h1-5,18H,6H2. The molecule has 0 aliphatic carbocycles. The number of para-hydroxylation sites is 1. The lowest BCUT2D eigenvalue weighted by molar-refractivity contribution is -0.274. The molecule has 0 saturated heterocycles. The van der Waals surface area contributed by atoms with Crippen LogP contribution in [0.3, 0.4) is 0 Å². The predicted molar refractivity (Wildman–Crippen MR) is 81.5 cm³/mol. The van der Waals surface area contributed by atoms with E-state index in [1.807, 2.05) is 0 Å². The fraction of sp³-hybridized carbons (Fsp3) is 0.167. The van der Waals surface area contributed by atoms with Gasteiger partial charge in [-0.2, -0.15) is 0 Å². The summed E-state index contributed by atoms with van der Waals surface area (Å²) in [5, 5.41) is 0. The number of rotatable bonds is 5. The Kier molecular flexibility index (Phi) is 5.47. The van der Waals surface area contributed by atoms with E-state index in [0.29, 0.717) is 0 Å². The van der Waals surface area contributed by atoms with Gasteiger partial charge >= 0.3 is 6.36 Å². The third-order valence-electron chi connectivity index (χ3n) is 2.57. The summed E-state index contributed by atoms with van der Waals surface area (Å²) in [6, 6.07) is 6.36. The minimum Gasteiger partial charge on any atom is -0.405 e. The van der Waals surface area contributed by atoms with Crippen molar-refractivity contribution < 1.29 is 26.3 Å². The van der Waals surface area contributed by atoms with Gasteiger partial charge in [0.1, 0.15) is 15.0 Å². The van der Waals surface area contributed by atoms with Gasteiger partial charge in [-0.25, -0.2) is 13.1 Å². The number of hydrogen-bond donors (Lipinski definition) is 1. The zero-order valence-electron chi connectivity index (χ0n) is 11.0. The SMILES string of the molecule is O=S(=O)(NCc1ccccc1OC(F)(F)F)c1cc(Cl)sc1Cl. The van der Waals surface area contributed by atoms with Crippen molar-refractivity contribution in [2.24, 2.45) is 0 Å². The lowest BCUT2D eigenvalue weighted by atomic mass is 10.2. The number of halogens is 5. The normalized spacial score (nSPS) is 12.4. The maximum atomic E-state index is 12.3. The number of hydrogen-bond acceptors (Lipinski definition) is 4. The minimum atomic E-state index is -4.88. The number of alkyl halides is 3. The number of ether oxygens (including phenoxy) is 1. The van der Waals surface area contributed by atoms with Crippen LogP contribution in [0.2, 0.25) is 8.67 Å². The quantitative estimate of drug-likeness (QED) is 0.800. The third kappa shape index (κ3) is 4.98. The van der Waals surface area contributed by atoms with Crippen molar-refractivity contribution in [3.8, 4) is 5.75 Å². The van der Waals surface area contributed by atoms with Gasteiger partial charge in [0.15, 0.2) is 0 Å². The Hall–Kier alpha value is -1.00. The summed E-state index contributed by atoms with van der Waals surface area (Å²) in [5.74, 6) is -0.489. The molecule has 1 N–H and O–H groups in total. The maximum Gasteiger partial charge on any atom is 0.573 e. The molecule has 0 saturated carbocycles. The second-order valence-electron chi connectivity index (χ2n) is 4.17. The van der Waals surface area contributed by atoms with Crippen LogP contribution in [0.4, 0.5) is 13.2 Å². The lowest BCUT2D eigenvalue weighted by Gasteiger charge is -2.13. The molecular weight excluding hydrogens is 398 g/mol. The van der Waals surface area contributed by atoms with Crippen LogP contribution in [0.15, 0.2) is 35.2 Å². The molecule has 1 aromatic heterocycles. The summed E-state index contributed by atoms with van der Waals surface area (Å²) in [4.78, 5) is -0.233. The Morgan fingerprint density at radius 2 is 1.87 bits per heavy atom. The van der Waals surface area contributed by atoms with Crippen LogP contribution in [0.25, 0.3) is 0 Å². The van der Waals surface area contributed by atoms with E-state index in [0.717, 1.165) is 23.5 Å². The Morgan fingerprint density at radius 3 is 2.43 bits per heavy atom. The van der Waals surface area contributed by atoms with Gasteiger partial charge in [0.2, 0.25) is 10.0 Å². The molecule has 4 nitrogen and oxygen atoms in total. The van der Waals surface area contributed by atoms with Crippen LogP contribution < -0.4 is 9.46 Å². The zero-order chi connectivity index (χ0) is 17.3. The van der Waals surface area contributed by atoms with Crippen LogP contribution in [0.5, 0.6) is 5.75 Å². The molecular formula is C12H8Cl2F3NO3S2. The molecule has 2 aromatic rings. The first kappa shape index (κ1) is 18.3. The molecule has 0 amide bonds. The highest BCUT2D eigenvalue weighted by Gasteiger charge is 2.32. The number of benzene rings is 1. The van der Waals surface area contributed by atoms with E-state index < -0.39 is 28.7 Å². The first-order valence-electron chi connectivity index (χ1n) is 5.86. The molecule has 1 aromatic carbocycles. The molecule has 23 heavy (non-hydrogen) atoms. The summed E-state index contributed by atoms with van der Waals surface area (Å²) >= 11 is 12.3. The average molecular weight is 406 g/mol. The fourth-order valence-corrected chi connectivity index (χ4v) is 4.79. The summed E-state index contributed by atoms with van der Waals surface area (Å²) in [6.45, 7) is -0.404. The van der Waals surface area contributed by atoms with E-state index >= 15 is 0 Å². The first-order chi connectivity index (χ1) is 10.6. The molecule has 0 atom stereocenters. The van der Waals surface area contributed by atoms with Gasteiger partial charge in [-0.05, 0) is 12.1 Å². The van der Waals surface area contributed by atoms with Crippen molar-refractivity contribution in [1.29, 1.82) is 0 Å². The molecule has 0 radical (unpaired) electrons. The van der Waals surface area contributed by atoms with Gasteiger partial charge in [0.25, 0.3) is 0 Å². The second-order valence-corrected chi connectivity index (χ2v) is 8.19. The van der Waals surface area contributed by atoms with Crippen molar-refractivity contribution >= 4 is 44.6 Å². The van der Waals surface area contributed by atoms with Gasteiger partial charge in [-0.1, -0.05) is 41.4 Å². The smallest absolute Gasteiger partial charge is 0.405 e. The molecule has 0 spiro atoms. The van der Waals surface area contributed by atoms with E-state index in [-0.39, 0.29) is 19.1 Å². The Balaban J connectivity index is 2.19. The van der Waals surface area contributed by atoms with E-state index in [9.17, 15) is 21.6 Å². The van der Waals surface area contributed by atoms with Crippen molar-refractivity contribution in [2.75, 3.05) is 0 Å². The van der Waals surface area contributed by atoms with Crippen molar-refractivity contribution in [1.82, 2.24) is 4.72 Å². The highest BCUT2D eigenvalue weighted by Crippen LogP contribution is 2.34. The van der Waals surface area contributed by atoms with Gasteiger partial charge < -0.3 is 4.74 Å². The lowest BCUT2D eigenvalue weighted by Crippen LogP contribution is -2.24. The highest BCUT2D eigenvalue weighted by molar-refractivity contribution is 7.89. The molecule has 126 valence electrons. The van der Waals surface area contributed by atoms with Crippen LogP contribution >= 0.6 is 34.5 Å². The summed E-state index contributed by atoms with van der Waals surface area (Å²) in [7, 11) is -4.02. The number of thiophene rings is 1. The Morgan fingerprint density at radius 1 is 1.22 bits per heavy atom. The highest BCUT2D eigenvalue weighted by atomic mass is 35.5. The Bertz CT molecular complexity index is 806. The van der Waals surface area contributed by atoms with Gasteiger partial charge in [-0.15, -0.1) is 24.5 Å². The molecule has 0 unspecified atom stereocenters. The predicted octanol–water partition coefficient (Wildman–Crippen LogP) is 4.43. The number of sulfonamides is 1. The second kappa shape index (κ2) is 6.86. The minimum absolute atomic E-state index is 0.0193. The summed E-state index contributed by atoms with van der Waals surface area (Å²) < 4.78 is 67.4. The fourth-order valence-electron chi connectivity index (χ4n) is 1.63. The van der Waals surface area contributed by atoms with Crippen molar-refractivity contribution in [3.63, 3.8) is 0 Å². The Labute approximate surface area is 143 Å². The van der Waals surface area contributed by atoms with Gasteiger partial charge in [0, 0.05) is 12.1 Å². The van der Waals surface area contributed by atoms with Crippen molar-refractivity contribution in [3.05, 3.63) is 44.6 Å². The molecule has 0 aliphatic rings. The third-order valence-corrected chi connectivity index (χ3v) is 5.72. The van der Waals surface area contributed by atoms with E-state index in [1.165, 1.54) is 18.2 Å². The van der Waals surface area contributed by atoms with Crippen LogP contribution in [-0.2, 0) is 16.6 Å². The average Bonchev–Trinajstić information content (AvgIpc) is 2.76. The monoisotopic (exact) mass is 405 g/mol. The zero-order valence-corrected chi connectivity index (χ0v) is 14.2. The van der Waals surface area contributed by atoms with E-state index in [4.69, 9.17) is 23.2 Å². The van der Waals surface area contributed by atoms with E-state index in [1.54, 1.807) is 0 Å². The van der Waals surface area contributed by atoms with Crippen LogP contribution in [0.1, 0.15) is 5.56 Å². The molecule has 0 bridgehead atoms. The van der Waals surface area contributed by atoms with Crippen molar-refractivity contribution in [2.45, 2.75) is 17.8 Å². The van der Waals surface area contributed by atoms with Crippen LogP contribution in [0, 0.1) is 0 Å². The largest absolute Gasteiger partial charge is 0.573 e. The summed E-state index contributed by atoms with van der Waals surface area (Å²) in [6.07, 6.45) is -4.88. The van der Waals surface area contributed by atoms with Gasteiger partial charge in [0.05, 0.1) is 4.34 Å². The van der Waals surface area contributed by atoms with Crippen LogP contribution in [-0.4, -0.2) is 14.8 Å². The maximum absolute atomic E-state index is 12.3. The van der Waals surface area contributed by atoms with Gasteiger partial charge in [-0.3, -0.25) is 0 Å². The molecule has 1 heterocycles. The molecule has 2 rings (SSSR count). The summed E-state index contributed by atoms with van der Waals surface area (Å²) in [5.41, 5.74) is 0.0193. The molecule has 0 aliphatic heterocycles. The number of nitrogens with one attached hydrogen (secondary N) is 1. The van der Waals surface area contributed by atoms with E-state index in [2.05, 4.69) is 9.46 Å². The topological polar surface area (TPSA) is 55.4 Å². The molecule has 0 fully saturated rings.